The number of hydrogen-bond donors (Lipinski definition) is 4. The molecule has 7 heteroatoms. The highest BCUT2D eigenvalue weighted by Crippen LogP contribution is 2.08. The average Bonchev–Trinajstić information content (AvgIpc) is 2.30. The summed E-state index contributed by atoms with van der Waals surface area (Å²) >= 11 is 0. The van der Waals surface area contributed by atoms with Crippen molar-refractivity contribution in [3.8, 4) is 0 Å². The van der Waals surface area contributed by atoms with E-state index in [1.807, 2.05) is 0 Å². The van der Waals surface area contributed by atoms with Crippen LogP contribution in [0.5, 0.6) is 0 Å². The van der Waals surface area contributed by atoms with Crippen LogP contribution >= 0.6 is 0 Å². The normalized spacial score (nSPS) is 12.2. The van der Waals surface area contributed by atoms with Crippen molar-refractivity contribution in [3.63, 3.8) is 0 Å². The summed E-state index contributed by atoms with van der Waals surface area (Å²) in [6.07, 6.45) is 3.68. The molecule has 1 aromatic heterocycles. The molecule has 90 valence electrons. The van der Waals surface area contributed by atoms with Gasteiger partial charge in [0.15, 0.2) is 5.82 Å². The second kappa shape index (κ2) is 6.94. The Morgan fingerprint density at radius 1 is 1.50 bits per heavy atom. The molecule has 0 radical (unpaired) electrons. The third-order valence-electron chi connectivity index (χ3n) is 1.98. The zero-order valence-corrected chi connectivity index (χ0v) is 9.18. The molecular formula is C9H17N5O2. The van der Waals surface area contributed by atoms with E-state index in [9.17, 15) is 0 Å². The summed E-state index contributed by atoms with van der Waals surface area (Å²) < 4.78 is 5.02. The Hall–Kier alpha value is -1.44. The highest BCUT2D eigenvalue weighted by Gasteiger charge is 2.08. The highest BCUT2D eigenvalue weighted by molar-refractivity contribution is 5.41. The van der Waals surface area contributed by atoms with Gasteiger partial charge in [0.1, 0.15) is 5.82 Å². The molecule has 1 aromatic rings. The molecule has 1 unspecified atom stereocenters. The van der Waals surface area contributed by atoms with E-state index < -0.39 is 0 Å². The molecule has 1 atom stereocenters. The van der Waals surface area contributed by atoms with Gasteiger partial charge >= 0.3 is 0 Å². The molecule has 0 aliphatic rings. The topological polar surface area (TPSA) is 105 Å². The van der Waals surface area contributed by atoms with Gasteiger partial charge in [-0.2, -0.15) is 0 Å². The standard InChI is InChI=1S/C9H17N5O2/c1-16-6-7(2-3-15)12-8-4-11-5-9(13-8)14-10/h4-5,7,15H,2-3,6,10H2,1H3,(H2,12,13,14). The molecule has 5 N–H and O–H groups in total. The Balaban J connectivity index is 2.60. The molecule has 16 heavy (non-hydrogen) atoms. The second-order valence-electron chi connectivity index (χ2n) is 3.24. The minimum atomic E-state index is -0.00248. The molecule has 0 saturated heterocycles. The number of nitrogens with two attached hydrogens (primary N) is 1. The van der Waals surface area contributed by atoms with Crippen molar-refractivity contribution >= 4 is 11.6 Å². The van der Waals surface area contributed by atoms with Crippen molar-refractivity contribution in [3.05, 3.63) is 12.4 Å². The maximum atomic E-state index is 8.88. The first-order valence-electron chi connectivity index (χ1n) is 4.95. The van der Waals surface area contributed by atoms with Gasteiger partial charge in [-0.15, -0.1) is 0 Å². The SMILES string of the molecule is COCC(CCO)Nc1cncc(NN)n1. The molecule has 0 fully saturated rings. The largest absolute Gasteiger partial charge is 0.396 e. The number of nitrogens with one attached hydrogen (secondary N) is 2. The van der Waals surface area contributed by atoms with Crippen LogP contribution in [-0.2, 0) is 4.74 Å². The maximum Gasteiger partial charge on any atom is 0.160 e. The number of aliphatic hydroxyl groups excluding tert-OH is 1. The van der Waals surface area contributed by atoms with E-state index in [0.29, 0.717) is 24.7 Å². The number of nitrogens with zero attached hydrogens (tertiary/aromatic N) is 2. The maximum absolute atomic E-state index is 8.88. The van der Waals surface area contributed by atoms with Crippen LogP contribution in [0.3, 0.4) is 0 Å². The first-order chi connectivity index (χ1) is 7.80. The van der Waals surface area contributed by atoms with Gasteiger partial charge in [0.05, 0.1) is 25.0 Å². The molecule has 1 rings (SSSR count). The van der Waals surface area contributed by atoms with Gasteiger partial charge in [-0.3, -0.25) is 4.98 Å². The Labute approximate surface area is 94.0 Å². The lowest BCUT2D eigenvalue weighted by Gasteiger charge is -2.17. The zero-order valence-electron chi connectivity index (χ0n) is 9.18. The van der Waals surface area contributed by atoms with E-state index in [0.717, 1.165) is 0 Å². The molecule has 0 aromatic carbocycles. The van der Waals surface area contributed by atoms with Crippen LogP contribution in [0.4, 0.5) is 11.6 Å². The minimum absolute atomic E-state index is 0.00248. The van der Waals surface area contributed by atoms with Crippen LogP contribution in [0.15, 0.2) is 12.4 Å². The van der Waals surface area contributed by atoms with Crippen LogP contribution in [0, 0.1) is 0 Å². The van der Waals surface area contributed by atoms with Crippen LogP contribution in [0.25, 0.3) is 0 Å². The van der Waals surface area contributed by atoms with E-state index in [-0.39, 0.29) is 12.6 Å². The van der Waals surface area contributed by atoms with Gasteiger partial charge in [-0.25, -0.2) is 10.8 Å². The Kier molecular flexibility index (Phi) is 5.48. The van der Waals surface area contributed by atoms with E-state index in [2.05, 4.69) is 20.7 Å². The number of aromatic nitrogens is 2. The number of nitrogen functional groups attached to an aromatic ring is 1. The van der Waals surface area contributed by atoms with Gasteiger partial charge in [0, 0.05) is 13.7 Å². The number of hydrazine groups is 1. The summed E-state index contributed by atoms with van der Waals surface area (Å²) in [5.74, 6) is 6.29. The number of methoxy groups -OCH3 is 1. The predicted molar refractivity (Wildman–Crippen MR) is 60.8 cm³/mol. The number of ether oxygens (including phenoxy) is 1. The van der Waals surface area contributed by atoms with Gasteiger partial charge < -0.3 is 20.6 Å². The van der Waals surface area contributed by atoms with Crippen LogP contribution in [0.2, 0.25) is 0 Å². The van der Waals surface area contributed by atoms with Crippen molar-refractivity contribution in [1.82, 2.24) is 9.97 Å². The lowest BCUT2D eigenvalue weighted by Crippen LogP contribution is -2.27. The van der Waals surface area contributed by atoms with E-state index in [1.165, 1.54) is 6.20 Å². The van der Waals surface area contributed by atoms with Crippen molar-refractivity contribution in [2.24, 2.45) is 5.84 Å². The van der Waals surface area contributed by atoms with E-state index >= 15 is 0 Å². The van der Waals surface area contributed by atoms with Gasteiger partial charge in [0.25, 0.3) is 0 Å². The highest BCUT2D eigenvalue weighted by atomic mass is 16.5. The number of anilines is 2. The molecule has 0 aliphatic heterocycles. The third-order valence-corrected chi connectivity index (χ3v) is 1.98. The summed E-state index contributed by atoms with van der Waals surface area (Å²) in [7, 11) is 1.61. The lowest BCUT2D eigenvalue weighted by molar-refractivity contribution is 0.170. The fourth-order valence-corrected chi connectivity index (χ4v) is 1.27. The summed E-state index contributed by atoms with van der Waals surface area (Å²) in [5.41, 5.74) is 2.41. The van der Waals surface area contributed by atoms with Crippen LogP contribution < -0.4 is 16.6 Å². The lowest BCUT2D eigenvalue weighted by atomic mass is 10.2. The summed E-state index contributed by atoms with van der Waals surface area (Å²) in [5, 5.41) is 12.0. The fraction of sp³-hybridized carbons (Fsp3) is 0.556. The van der Waals surface area contributed by atoms with Crippen molar-refractivity contribution in [2.45, 2.75) is 12.5 Å². The van der Waals surface area contributed by atoms with Gasteiger partial charge in [-0.1, -0.05) is 0 Å². The van der Waals surface area contributed by atoms with Gasteiger partial charge in [0.2, 0.25) is 0 Å². The average molecular weight is 227 g/mol. The second-order valence-corrected chi connectivity index (χ2v) is 3.24. The summed E-state index contributed by atoms with van der Waals surface area (Å²) in [4.78, 5) is 8.11. The molecule has 0 saturated carbocycles. The summed E-state index contributed by atoms with van der Waals surface area (Å²) in [6.45, 7) is 0.575. The fourth-order valence-electron chi connectivity index (χ4n) is 1.27. The third kappa shape index (κ3) is 3.97. The first-order valence-corrected chi connectivity index (χ1v) is 4.95. The Morgan fingerprint density at radius 3 is 2.88 bits per heavy atom. The van der Waals surface area contributed by atoms with Crippen molar-refractivity contribution in [2.75, 3.05) is 31.1 Å². The quantitative estimate of drug-likeness (QED) is 0.370. The Bertz CT molecular complexity index is 304. The molecule has 0 aliphatic carbocycles. The van der Waals surface area contributed by atoms with E-state index in [1.54, 1.807) is 13.3 Å². The molecule has 0 spiro atoms. The van der Waals surface area contributed by atoms with Crippen molar-refractivity contribution < 1.29 is 9.84 Å². The van der Waals surface area contributed by atoms with Crippen LogP contribution in [0.1, 0.15) is 6.42 Å². The zero-order chi connectivity index (χ0) is 11.8. The predicted octanol–water partition coefficient (Wildman–Crippen LogP) is -0.428. The van der Waals surface area contributed by atoms with Crippen molar-refractivity contribution in [1.29, 1.82) is 0 Å². The molecular weight excluding hydrogens is 210 g/mol. The van der Waals surface area contributed by atoms with E-state index in [4.69, 9.17) is 15.7 Å². The summed E-state index contributed by atoms with van der Waals surface area (Å²) in [6, 6.07) is -0.00248. The van der Waals surface area contributed by atoms with Crippen LogP contribution in [-0.4, -0.2) is 41.4 Å². The first kappa shape index (κ1) is 12.6. The number of aliphatic hydroxyl groups is 1. The van der Waals surface area contributed by atoms with Gasteiger partial charge in [-0.05, 0) is 6.42 Å². The molecule has 7 nitrogen and oxygen atoms in total. The number of hydrogen-bond acceptors (Lipinski definition) is 7. The minimum Gasteiger partial charge on any atom is -0.396 e. The molecule has 0 amide bonds. The Morgan fingerprint density at radius 2 is 2.25 bits per heavy atom. The molecule has 0 bridgehead atoms. The smallest absolute Gasteiger partial charge is 0.160 e. The number of rotatable bonds is 7. The molecule has 1 heterocycles. The monoisotopic (exact) mass is 227 g/mol.